The first-order chi connectivity index (χ1) is 9.63. The van der Waals surface area contributed by atoms with E-state index in [0.29, 0.717) is 10.6 Å². The van der Waals surface area contributed by atoms with Crippen LogP contribution in [0.15, 0.2) is 24.3 Å². The zero-order valence-electron chi connectivity index (χ0n) is 12.2. The molecule has 0 spiro atoms. The number of benzene rings is 1. The fourth-order valence-corrected chi connectivity index (χ4v) is 2.00. The molecule has 0 fully saturated rings. The molecule has 1 aromatic carbocycles. The van der Waals surface area contributed by atoms with Crippen LogP contribution in [0.5, 0.6) is 0 Å². The van der Waals surface area contributed by atoms with E-state index in [4.69, 9.17) is 21.1 Å². The second kappa shape index (κ2) is 9.78. The number of unbranched alkanes of at least 4 members (excludes halogenated alkanes) is 1. The van der Waals surface area contributed by atoms with Crippen LogP contribution in [0.3, 0.4) is 0 Å². The van der Waals surface area contributed by atoms with Gasteiger partial charge in [0.05, 0.1) is 11.7 Å². The molecule has 0 radical (unpaired) electrons. The number of ether oxygens (including phenoxy) is 2. The van der Waals surface area contributed by atoms with Gasteiger partial charge >= 0.3 is 5.97 Å². The second-order valence-corrected chi connectivity index (χ2v) is 5.27. The summed E-state index contributed by atoms with van der Waals surface area (Å²) in [6.45, 7) is 5.61. The van der Waals surface area contributed by atoms with E-state index in [1.165, 1.54) is 0 Å². The molecule has 0 saturated carbocycles. The number of carbonyl (C=O) groups excluding carboxylic acids is 1. The Morgan fingerprint density at radius 2 is 2.10 bits per heavy atom. The van der Waals surface area contributed by atoms with Crippen molar-refractivity contribution in [3.63, 3.8) is 0 Å². The smallest absolute Gasteiger partial charge is 0.338 e. The highest BCUT2D eigenvalue weighted by molar-refractivity contribution is 6.30. The van der Waals surface area contributed by atoms with Crippen LogP contribution >= 0.6 is 11.6 Å². The zero-order valence-corrected chi connectivity index (χ0v) is 13.0. The van der Waals surface area contributed by atoms with Crippen molar-refractivity contribution in [1.29, 1.82) is 0 Å². The highest BCUT2D eigenvalue weighted by Crippen LogP contribution is 2.13. The van der Waals surface area contributed by atoms with E-state index in [2.05, 4.69) is 6.92 Å². The molecule has 0 amide bonds. The Labute approximate surface area is 126 Å². The topological polar surface area (TPSA) is 35.5 Å². The van der Waals surface area contributed by atoms with Crippen LogP contribution in [-0.2, 0) is 9.47 Å². The quantitative estimate of drug-likeness (QED) is 0.498. The molecule has 0 bridgehead atoms. The molecule has 0 N–H and O–H groups in total. The number of rotatable bonds is 9. The number of hydrogen-bond donors (Lipinski definition) is 0. The molecular formula is C16H23ClO3. The third-order valence-electron chi connectivity index (χ3n) is 2.87. The third kappa shape index (κ3) is 6.92. The standard InChI is InChI=1S/C16H23ClO3/c1-3-10-19-11-5-4-7-13(2)20-16(18)14-8-6-9-15(17)12-14/h6,8-9,12-13H,3-5,7,10-11H2,1-2H3. The van der Waals surface area contributed by atoms with Gasteiger partial charge in [-0.05, 0) is 50.8 Å². The molecule has 1 unspecified atom stereocenters. The highest BCUT2D eigenvalue weighted by atomic mass is 35.5. The SMILES string of the molecule is CCCOCCCCC(C)OC(=O)c1cccc(Cl)c1. The number of carbonyl (C=O) groups is 1. The maximum Gasteiger partial charge on any atom is 0.338 e. The predicted molar refractivity (Wildman–Crippen MR) is 81.3 cm³/mol. The fourth-order valence-electron chi connectivity index (χ4n) is 1.81. The van der Waals surface area contributed by atoms with E-state index in [0.717, 1.165) is 38.9 Å². The Morgan fingerprint density at radius 1 is 1.30 bits per heavy atom. The average molecular weight is 299 g/mol. The maximum atomic E-state index is 11.9. The van der Waals surface area contributed by atoms with Crippen molar-refractivity contribution in [3.8, 4) is 0 Å². The van der Waals surface area contributed by atoms with E-state index < -0.39 is 0 Å². The van der Waals surface area contributed by atoms with Gasteiger partial charge < -0.3 is 9.47 Å². The van der Waals surface area contributed by atoms with E-state index in [-0.39, 0.29) is 12.1 Å². The summed E-state index contributed by atoms with van der Waals surface area (Å²) in [4.78, 5) is 11.9. The molecule has 20 heavy (non-hydrogen) atoms. The van der Waals surface area contributed by atoms with Gasteiger partial charge in [-0.25, -0.2) is 4.79 Å². The Kier molecular flexibility index (Phi) is 8.31. The fraction of sp³-hybridized carbons (Fsp3) is 0.562. The van der Waals surface area contributed by atoms with Crippen molar-refractivity contribution >= 4 is 17.6 Å². The summed E-state index contributed by atoms with van der Waals surface area (Å²) in [7, 11) is 0. The van der Waals surface area contributed by atoms with Crippen molar-refractivity contribution in [1.82, 2.24) is 0 Å². The van der Waals surface area contributed by atoms with Crippen LogP contribution in [-0.4, -0.2) is 25.3 Å². The van der Waals surface area contributed by atoms with Crippen molar-refractivity contribution in [3.05, 3.63) is 34.9 Å². The Balaban J connectivity index is 2.21. The first-order valence-corrected chi connectivity index (χ1v) is 7.55. The van der Waals surface area contributed by atoms with Gasteiger partial charge in [0.25, 0.3) is 0 Å². The molecular weight excluding hydrogens is 276 g/mol. The minimum absolute atomic E-state index is 0.0901. The molecule has 0 aliphatic carbocycles. The van der Waals surface area contributed by atoms with Crippen molar-refractivity contribution < 1.29 is 14.3 Å². The summed E-state index contributed by atoms with van der Waals surface area (Å²) >= 11 is 5.85. The Bertz CT molecular complexity index is 406. The minimum atomic E-state index is -0.317. The number of hydrogen-bond acceptors (Lipinski definition) is 3. The highest BCUT2D eigenvalue weighted by Gasteiger charge is 2.11. The van der Waals surface area contributed by atoms with E-state index >= 15 is 0 Å². The van der Waals surface area contributed by atoms with Gasteiger partial charge in [0.1, 0.15) is 0 Å². The zero-order chi connectivity index (χ0) is 14.8. The normalized spacial score (nSPS) is 12.2. The molecule has 1 atom stereocenters. The van der Waals surface area contributed by atoms with Gasteiger partial charge in [0, 0.05) is 18.2 Å². The van der Waals surface area contributed by atoms with E-state index in [1.807, 2.05) is 6.92 Å². The Morgan fingerprint density at radius 3 is 2.80 bits per heavy atom. The van der Waals surface area contributed by atoms with E-state index in [1.54, 1.807) is 24.3 Å². The van der Waals surface area contributed by atoms with Gasteiger partial charge in [0.2, 0.25) is 0 Å². The van der Waals surface area contributed by atoms with Gasteiger partial charge in [-0.1, -0.05) is 24.6 Å². The molecule has 3 nitrogen and oxygen atoms in total. The van der Waals surface area contributed by atoms with E-state index in [9.17, 15) is 4.79 Å². The lowest BCUT2D eigenvalue weighted by Crippen LogP contribution is -2.15. The van der Waals surface area contributed by atoms with Crippen LogP contribution in [0.2, 0.25) is 5.02 Å². The summed E-state index contributed by atoms with van der Waals surface area (Å²) in [5.74, 6) is -0.317. The van der Waals surface area contributed by atoms with Crippen LogP contribution < -0.4 is 0 Å². The Hall–Kier alpha value is -1.06. The lowest BCUT2D eigenvalue weighted by molar-refractivity contribution is 0.0313. The van der Waals surface area contributed by atoms with Gasteiger partial charge in [-0.2, -0.15) is 0 Å². The molecule has 0 aliphatic heterocycles. The second-order valence-electron chi connectivity index (χ2n) is 4.83. The molecule has 0 aliphatic rings. The molecule has 1 aromatic rings. The number of esters is 1. The summed E-state index contributed by atoms with van der Waals surface area (Å²) in [5.41, 5.74) is 0.496. The maximum absolute atomic E-state index is 11.9. The van der Waals surface area contributed by atoms with Crippen LogP contribution in [0.4, 0.5) is 0 Å². The largest absolute Gasteiger partial charge is 0.459 e. The molecule has 0 aromatic heterocycles. The van der Waals surface area contributed by atoms with Gasteiger partial charge in [0.15, 0.2) is 0 Å². The summed E-state index contributed by atoms with van der Waals surface area (Å²) in [6, 6.07) is 6.81. The first kappa shape index (κ1) is 17.0. The third-order valence-corrected chi connectivity index (χ3v) is 3.10. The molecule has 1 rings (SSSR count). The monoisotopic (exact) mass is 298 g/mol. The summed E-state index contributed by atoms with van der Waals surface area (Å²) in [6.07, 6.45) is 3.80. The summed E-state index contributed by atoms with van der Waals surface area (Å²) < 4.78 is 10.8. The van der Waals surface area contributed by atoms with Gasteiger partial charge in [-0.3, -0.25) is 0 Å². The first-order valence-electron chi connectivity index (χ1n) is 7.17. The molecule has 0 saturated heterocycles. The average Bonchev–Trinajstić information content (AvgIpc) is 2.42. The lowest BCUT2D eigenvalue weighted by atomic mass is 10.1. The number of halogens is 1. The van der Waals surface area contributed by atoms with Crippen molar-refractivity contribution in [2.24, 2.45) is 0 Å². The van der Waals surface area contributed by atoms with Crippen LogP contribution in [0.25, 0.3) is 0 Å². The lowest BCUT2D eigenvalue weighted by Gasteiger charge is -2.13. The van der Waals surface area contributed by atoms with Crippen LogP contribution in [0, 0.1) is 0 Å². The predicted octanol–water partition coefficient (Wildman–Crippen LogP) is 4.48. The van der Waals surface area contributed by atoms with Crippen molar-refractivity contribution in [2.75, 3.05) is 13.2 Å². The minimum Gasteiger partial charge on any atom is -0.459 e. The molecule has 112 valence electrons. The summed E-state index contributed by atoms with van der Waals surface area (Å²) in [5, 5.41) is 0.542. The molecule has 0 heterocycles. The van der Waals surface area contributed by atoms with Crippen molar-refractivity contribution in [2.45, 2.75) is 45.6 Å². The van der Waals surface area contributed by atoms with Crippen LogP contribution in [0.1, 0.15) is 49.9 Å². The van der Waals surface area contributed by atoms with Gasteiger partial charge in [-0.15, -0.1) is 0 Å². The molecule has 4 heteroatoms.